The van der Waals surface area contributed by atoms with Crippen molar-refractivity contribution in [3.05, 3.63) is 71.0 Å². The molecule has 1 aliphatic carbocycles. The van der Waals surface area contributed by atoms with Gasteiger partial charge in [0.05, 0.1) is 36.8 Å². The number of piperidine rings is 1. The van der Waals surface area contributed by atoms with Gasteiger partial charge in [0, 0.05) is 44.2 Å². The highest BCUT2D eigenvalue weighted by molar-refractivity contribution is 5.95. The van der Waals surface area contributed by atoms with Crippen LogP contribution in [0.15, 0.2) is 65.4 Å². The highest BCUT2D eigenvalue weighted by atomic mass is 19.3. The molecule has 0 spiro atoms. The molecular formula is C24H29F2N5O2. The van der Waals surface area contributed by atoms with E-state index in [1.54, 1.807) is 18.5 Å². The van der Waals surface area contributed by atoms with Gasteiger partial charge in [-0.1, -0.05) is 24.3 Å². The van der Waals surface area contributed by atoms with Crippen LogP contribution in [0.25, 0.3) is 0 Å². The number of carbonyl (C=O) groups excluding carboxylic acids is 1. The van der Waals surface area contributed by atoms with E-state index in [1.165, 1.54) is 7.11 Å². The van der Waals surface area contributed by atoms with Crippen molar-refractivity contribution in [1.29, 1.82) is 0 Å². The largest absolute Gasteiger partial charge is 0.465 e. The zero-order valence-electron chi connectivity index (χ0n) is 18.9. The zero-order chi connectivity index (χ0) is 23.4. The smallest absolute Gasteiger partial charge is 0.340 e. The fourth-order valence-electron chi connectivity index (χ4n) is 4.25. The highest BCUT2D eigenvalue weighted by Gasteiger charge is 2.34. The fraction of sp³-hybridized carbons (Fsp3) is 0.417. The number of allylic oxidation sites excluding steroid dienone is 6. The van der Waals surface area contributed by atoms with Gasteiger partial charge in [-0.15, -0.1) is 0 Å². The van der Waals surface area contributed by atoms with Crippen LogP contribution in [-0.2, 0) is 4.74 Å². The van der Waals surface area contributed by atoms with E-state index in [9.17, 15) is 13.6 Å². The number of alkyl halides is 2. The predicted molar refractivity (Wildman–Crippen MR) is 122 cm³/mol. The van der Waals surface area contributed by atoms with Crippen LogP contribution >= 0.6 is 0 Å². The van der Waals surface area contributed by atoms with Crippen LogP contribution in [-0.4, -0.2) is 60.1 Å². The number of aromatic nitrogens is 1. The summed E-state index contributed by atoms with van der Waals surface area (Å²) in [5, 5.41) is 5.35. The van der Waals surface area contributed by atoms with Crippen molar-refractivity contribution in [2.24, 2.45) is 0 Å². The molecule has 3 heterocycles. The van der Waals surface area contributed by atoms with Crippen molar-refractivity contribution in [2.75, 3.05) is 38.6 Å². The molecule has 0 aromatic carbocycles. The first kappa shape index (κ1) is 23.0. The Morgan fingerprint density at radius 3 is 2.76 bits per heavy atom. The number of hydrazine groups is 1. The second kappa shape index (κ2) is 9.74. The van der Waals surface area contributed by atoms with Crippen molar-refractivity contribution < 1.29 is 18.3 Å². The summed E-state index contributed by atoms with van der Waals surface area (Å²) in [6, 6.07) is 1.61. The molecule has 9 heteroatoms. The maximum Gasteiger partial charge on any atom is 0.340 e. The lowest BCUT2D eigenvalue weighted by atomic mass is 10.0. The molecule has 2 aliphatic heterocycles. The van der Waals surface area contributed by atoms with Crippen molar-refractivity contribution in [2.45, 2.75) is 32.1 Å². The quantitative estimate of drug-likeness (QED) is 0.629. The van der Waals surface area contributed by atoms with Crippen LogP contribution < -0.4 is 10.7 Å². The summed E-state index contributed by atoms with van der Waals surface area (Å²) >= 11 is 0. The number of hydrogen-bond donors (Lipinski definition) is 2. The first-order chi connectivity index (χ1) is 15.9. The summed E-state index contributed by atoms with van der Waals surface area (Å²) in [4.78, 5) is 18.4. The lowest BCUT2D eigenvalue weighted by Gasteiger charge is -2.33. The van der Waals surface area contributed by atoms with E-state index >= 15 is 0 Å². The average molecular weight is 458 g/mol. The third-order valence-corrected chi connectivity index (χ3v) is 6.15. The summed E-state index contributed by atoms with van der Waals surface area (Å²) in [6.45, 7) is 4.09. The number of carbonyl (C=O) groups is 1. The maximum absolute atomic E-state index is 13.5. The molecule has 0 radical (unpaired) electrons. The van der Waals surface area contributed by atoms with Gasteiger partial charge >= 0.3 is 5.97 Å². The Morgan fingerprint density at radius 1 is 1.27 bits per heavy atom. The van der Waals surface area contributed by atoms with E-state index in [0.29, 0.717) is 37.4 Å². The minimum Gasteiger partial charge on any atom is -0.465 e. The fourth-order valence-corrected chi connectivity index (χ4v) is 4.25. The van der Waals surface area contributed by atoms with Gasteiger partial charge in [-0.05, 0) is 25.0 Å². The molecule has 1 aromatic heterocycles. The van der Waals surface area contributed by atoms with Crippen molar-refractivity contribution in [3.8, 4) is 0 Å². The van der Waals surface area contributed by atoms with E-state index in [2.05, 4.69) is 37.8 Å². The molecule has 7 nitrogen and oxygen atoms in total. The zero-order valence-corrected chi connectivity index (χ0v) is 18.9. The summed E-state index contributed by atoms with van der Waals surface area (Å²) in [5.74, 6) is -2.26. The summed E-state index contributed by atoms with van der Waals surface area (Å²) in [7, 11) is 1.34. The Bertz CT molecular complexity index is 1020. The topological polar surface area (TPSA) is 69.7 Å². The van der Waals surface area contributed by atoms with Gasteiger partial charge in [-0.2, -0.15) is 0 Å². The number of halogens is 2. The summed E-state index contributed by atoms with van der Waals surface area (Å²) in [5.41, 5.74) is 7.53. The number of likely N-dealkylation sites (tertiary alicyclic amines) is 1. The van der Waals surface area contributed by atoms with Crippen LogP contribution in [0.4, 0.5) is 14.5 Å². The number of rotatable bonds is 6. The minimum atomic E-state index is -2.55. The molecule has 176 valence electrons. The van der Waals surface area contributed by atoms with Crippen LogP contribution in [0, 0.1) is 0 Å². The van der Waals surface area contributed by atoms with Gasteiger partial charge < -0.3 is 15.0 Å². The number of methoxy groups -OCH3 is 1. The summed E-state index contributed by atoms with van der Waals surface area (Å²) < 4.78 is 31.9. The van der Waals surface area contributed by atoms with E-state index in [1.807, 2.05) is 19.1 Å². The molecule has 33 heavy (non-hydrogen) atoms. The molecule has 3 aliphatic rings. The number of nitrogens with one attached hydrogen (secondary N) is 2. The van der Waals surface area contributed by atoms with Gasteiger partial charge in [0.15, 0.2) is 0 Å². The van der Waals surface area contributed by atoms with Gasteiger partial charge in [0.1, 0.15) is 5.82 Å². The lowest BCUT2D eigenvalue weighted by molar-refractivity contribution is -0.0559. The number of anilines is 1. The van der Waals surface area contributed by atoms with Crippen molar-refractivity contribution >= 4 is 11.7 Å². The molecule has 2 N–H and O–H groups in total. The van der Waals surface area contributed by atoms with E-state index in [-0.39, 0.29) is 12.8 Å². The Labute approximate surface area is 192 Å². The first-order valence-corrected chi connectivity index (χ1v) is 11.1. The molecule has 0 saturated carbocycles. The highest BCUT2D eigenvalue weighted by Crippen LogP contribution is 2.32. The third-order valence-electron chi connectivity index (χ3n) is 6.15. The van der Waals surface area contributed by atoms with Crippen LogP contribution in [0.2, 0.25) is 0 Å². The molecule has 0 unspecified atom stereocenters. The Hall–Kier alpha value is -3.20. The molecule has 1 saturated heterocycles. The Morgan fingerprint density at radius 2 is 2.06 bits per heavy atom. The summed E-state index contributed by atoms with van der Waals surface area (Å²) in [6.07, 6.45) is 11.9. The molecule has 4 rings (SSSR count). The predicted octanol–water partition coefficient (Wildman–Crippen LogP) is 3.83. The standard InChI is InChI=1S/C24H29F2N5O2/c1-17-21(18-6-4-3-5-7-18)31(15-14-30-12-9-24(25,26)10-13-30)29-22(17)28-20-16-27-11-8-19(20)23(32)33-2/h3-6,8,11,16,28-29H,7,9-10,12-15H2,1-2H3. The van der Waals surface area contributed by atoms with Crippen LogP contribution in [0.1, 0.15) is 36.5 Å². The molecule has 0 amide bonds. The van der Waals surface area contributed by atoms with E-state index < -0.39 is 11.9 Å². The number of ether oxygens (including phenoxy) is 1. The minimum absolute atomic E-state index is 0.0939. The van der Waals surface area contributed by atoms with E-state index in [4.69, 9.17) is 4.74 Å². The Kier molecular flexibility index (Phi) is 6.78. The SMILES string of the molecule is COC(=O)c1ccncc1NC1=C(C)C(=C2C=CC=CC2)N(CCN2CCC(F)(F)CC2)N1. The number of pyridine rings is 1. The van der Waals surface area contributed by atoms with E-state index in [0.717, 1.165) is 29.1 Å². The van der Waals surface area contributed by atoms with Gasteiger partial charge in [-0.25, -0.2) is 13.6 Å². The molecule has 0 bridgehead atoms. The molecule has 1 aromatic rings. The third kappa shape index (κ3) is 5.24. The van der Waals surface area contributed by atoms with Crippen LogP contribution in [0.5, 0.6) is 0 Å². The number of hydrogen-bond acceptors (Lipinski definition) is 7. The maximum atomic E-state index is 13.5. The monoisotopic (exact) mass is 457 g/mol. The van der Waals surface area contributed by atoms with Gasteiger partial charge in [0.25, 0.3) is 5.92 Å². The van der Waals surface area contributed by atoms with Gasteiger partial charge in [-0.3, -0.25) is 15.4 Å². The normalized spacial score (nSPS) is 22.5. The van der Waals surface area contributed by atoms with Crippen molar-refractivity contribution in [1.82, 2.24) is 20.3 Å². The number of esters is 1. The second-order valence-corrected chi connectivity index (χ2v) is 8.36. The second-order valence-electron chi connectivity index (χ2n) is 8.36. The average Bonchev–Trinajstić information content (AvgIpc) is 3.13. The first-order valence-electron chi connectivity index (χ1n) is 11.1. The van der Waals surface area contributed by atoms with Gasteiger partial charge in [0.2, 0.25) is 0 Å². The van der Waals surface area contributed by atoms with Crippen LogP contribution in [0.3, 0.4) is 0 Å². The lowest BCUT2D eigenvalue weighted by Crippen LogP contribution is -2.44. The molecular weight excluding hydrogens is 428 g/mol. The molecule has 0 atom stereocenters. The number of nitrogens with zero attached hydrogens (tertiary/aromatic N) is 3. The Balaban J connectivity index is 1.54. The van der Waals surface area contributed by atoms with Crippen molar-refractivity contribution in [3.63, 3.8) is 0 Å². The molecule has 1 fully saturated rings.